The maximum absolute atomic E-state index is 12.3. The van der Waals surface area contributed by atoms with Gasteiger partial charge in [-0.15, -0.1) is 25.6 Å². The number of alkyl halides is 3. The van der Waals surface area contributed by atoms with Gasteiger partial charge in [0, 0.05) is 5.56 Å². The molecule has 2 atom stereocenters. The van der Waals surface area contributed by atoms with E-state index in [1.54, 1.807) is 6.07 Å². The van der Waals surface area contributed by atoms with Crippen molar-refractivity contribution < 1.29 is 23.0 Å². The summed E-state index contributed by atoms with van der Waals surface area (Å²) < 4.78 is 40.8. The third-order valence-electron chi connectivity index (χ3n) is 3.50. The van der Waals surface area contributed by atoms with E-state index in [9.17, 15) is 18.3 Å². The molecule has 2 rings (SSSR count). The van der Waals surface area contributed by atoms with Gasteiger partial charge in [0.2, 0.25) is 0 Å². The zero-order valence-electron chi connectivity index (χ0n) is 10.6. The molecule has 3 nitrogen and oxygen atoms in total. The largest absolute Gasteiger partial charge is 0.573 e. The number of ether oxygens (including phenoxy) is 1. The summed E-state index contributed by atoms with van der Waals surface area (Å²) in [6, 6.07) is 4.80. The van der Waals surface area contributed by atoms with Gasteiger partial charge >= 0.3 is 6.36 Å². The van der Waals surface area contributed by atoms with Crippen molar-refractivity contribution in [3.8, 4) is 5.75 Å². The van der Waals surface area contributed by atoms with Gasteiger partial charge in [0.05, 0.1) is 12.1 Å². The Labute approximate surface area is 121 Å². The monoisotopic (exact) mass is 311 g/mol. The van der Waals surface area contributed by atoms with Crippen LogP contribution in [0.2, 0.25) is 0 Å². The van der Waals surface area contributed by atoms with Gasteiger partial charge in [-0.25, -0.2) is 0 Å². The lowest BCUT2D eigenvalue weighted by Crippen LogP contribution is -2.36. The molecule has 3 N–H and O–H groups in total. The van der Waals surface area contributed by atoms with Crippen molar-refractivity contribution in [1.29, 1.82) is 0 Å². The quantitative estimate of drug-likeness (QED) is 0.898. The number of nitrogens with two attached hydrogens (primary N) is 1. The molecule has 20 heavy (non-hydrogen) atoms. The van der Waals surface area contributed by atoms with Crippen LogP contribution < -0.4 is 10.5 Å². The highest BCUT2D eigenvalue weighted by Crippen LogP contribution is 2.37. The Morgan fingerprint density at radius 3 is 2.35 bits per heavy atom. The molecule has 0 spiro atoms. The number of para-hydroxylation sites is 1. The van der Waals surface area contributed by atoms with Crippen LogP contribution in [0, 0.1) is 5.92 Å². The highest BCUT2D eigenvalue weighted by atomic mass is 35.5. The molecule has 1 aliphatic carbocycles. The van der Waals surface area contributed by atoms with Crippen LogP contribution in [0.15, 0.2) is 24.3 Å². The average Bonchev–Trinajstić information content (AvgIpc) is 2.24. The fourth-order valence-corrected chi connectivity index (χ4v) is 2.23. The van der Waals surface area contributed by atoms with Crippen molar-refractivity contribution in [2.75, 3.05) is 0 Å². The first-order valence-electron chi connectivity index (χ1n) is 6.17. The molecule has 1 saturated carbocycles. The third-order valence-corrected chi connectivity index (χ3v) is 3.50. The Balaban J connectivity index is 0.00000200. The van der Waals surface area contributed by atoms with E-state index in [-0.39, 0.29) is 29.6 Å². The Hall–Kier alpha value is -0.980. The first kappa shape index (κ1) is 17.1. The Morgan fingerprint density at radius 2 is 1.85 bits per heavy atom. The van der Waals surface area contributed by atoms with Gasteiger partial charge in [0.15, 0.2) is 0 Å². The fraction of sp³-hybridized carbons (Fsp3) is 0.538. The summed E-state index contributed by atoms with van der Waals surface area (Å²) in [5.74, 6) is -0.283. The van der Waals surface area contributed by atoms with Gasteiger partial charge in [-0.1, -0.05) is 24.6 Å². The highest BCUT2D eigenvalue weighted by molar-refractivity contribution is 5.85. The van der Waals surface area contributed by atoms with Crippen molar-refractivity contribution in [2.45, 2.75) is 37.8 Å². The molecule has 114 valence electrons. The minimum atomic E-state index is -4.77. The summed E-state index contributed by atoms with van der Waals surface area (Å²) >= 11 is 0. The van der Waals surface area contributed by atoms with E-state index in [1.165, 1.54) is 18.2 Å². The molecule has 1 fully saturated rings. The third kappa shape index (κ3) is 4.01. The zero-order chi connectivity index (χ0) is 14.0. The van der Waals surface area contributed by atoms with E-state index in [1.807, 2.05) is 0 Å². The smallest absolute Gasteiger partial charge is 0.405 e. The van der Waals surface area contributed by atoms with Crippen molar-refractivity contribution >= 4 is 12.4 Å². The lowest BCUT2D eigenvalue weighted by atomic mass is 9.77. The molecular weight excluding hydrogens is 295 g/mol. The van der Waals surface area contributed by atoms with E-state index >= 15 is 0 Å². The Bertz CT molecular complexity index is 438. The fourth-order valence-electron chi connectivity index (χ4n) is 2.23. The normalized spacial score (nSPS) is 18.6. The van der Waals surface area contributed by atoms with Crippen molar-refractivity contribution in [2.24, 2.45) is 11.7 Å². The van der Waals surface area contributed by atoms with Gasteiger partial charge in [-0.3, -0.25) is 0 Å². The molecule has 0 amide bonds. The van der Waals surface area contributed by atoms with Crippen LogP contribution >= 0.6 is 12.4 Å². The van der Waals surface area contributed by atoms with E-state index in [4.69, 9.17) is 5.73 Å². The van der Waals surface area contributed by atoms with Crippen LogP contribution in [0.3, 0.4) is 0 Å². The van der Waals surface area contributed by atoms with E-state index in [0.29, 0.717) is 0 Å². The van der Waals surface area contributed by atoms with E-state index in [2.05, 4.69) is 4.74 Å². The predicted octanol–water partition coefficient (Wildman–Crippen LogP) is 3.17. The lowest BCUT2D eigenvalue weighted by molar-refractivity contribution is -0.275. The number of halogens is 4. The first-order chi connectivity index (χ1) is 8.88. The van der Waals surface area contributed by atoms with E-state index in [0.717, 1.165) is 19.3 Å². The summed E-state index contributed by atoms with van der Waals surface area (Å²) in [5.41, 5.74) is 6.05. The number of hydrogen-bond acceptors (Lipinski definition) is 3. The van der Waals surface area contributed by atoms with Gasteiger partial charge in [0.25, 0.3) is 0 Å². The molecule has 0 aliphatic heterocycles. The second-order valence-corrected chi connectivity index (χ2v) is 4.79. The molecule has 0 unspecified atom stereocenters. The maximum Gasteiger partial charge on any atom is 0.573 e. The number of benzene rings is 1. The predicted molar refractivity (Wildman–Crippen MR) is 70.6 cm³/mol. The summed E-state index contributed by atoms with van der Waals surface area (Å²) in [7, 11) is 0. The van der Waals surface area contributed by atoms with Crippen LogP contribution in [0.5, 0.6) is 5.75 Å². The first-order valence-corrected chi connectivity index (χ1v) is 6.17. The molecule has 0 saturated heterocycles. The van der Waals surface area contributed by atoms with Crippen molar-refractivity contribution in [3.05, 3.63) is 29.8 Å². The van der Waals surface area contributed by atoms with E-state index < -0.39 is 18.5 Å². The van der Waals surface area contributed by atoms with Gasteiger partial charge in [0.1, 0.15) is 5.75 Å². The van der Waals surface area contributed by atoms with Crippen molar-refractivity contribution in [3.63, 3.8) is 0 Å². The molecule has 0 bridgehead atoms. The zero-order valence-corrected chi connectivity index (χ0v) is 11.5. The Kier molecular flexibility index (Phi) is 5.68. The molecule has 7 heteroatoms. The molecule has 0 heterocycles. The van der Waals surface area contributed by atoms with Crippen LogP contribution in [-0.2, 0) is 0 Å². The minimum absolute atomic E-state index is 0. The maximum atomic E-state index is 12.3. The number of rotatable bonds is 4. The van der Waals surface area contributed by atoms with Gasteiger partial charge in [-0.05, 0) is 24.8 Å². The van der Waals surface area contributed by atoms with Gasteiger partial charge < -0.3 is 15.6 Å². The number of hydrogen-bond donors (Lipinski definition) is 2. The second-order valence-electron chi connectivity index (χ2n) is 4.79. The van der Waals surface area contributed by atoms with Crippen LogP contribution in [0.1, 0.15) is 30.9 Å². The van der Waals surface area contributed by atoms with Gasteiger partial charge in [-0.2, -0.15) is 0 Å². The summed E-state index contributed by atoms with van der Waals surface area (Å²) in [5, 5.41) is 10.1. The molecule has 0 aromatic heterocycles. The minimum Gasteiger partial charge on any atom is -0.405 e. The molecular formula is C13H17ClF3NO2. The molecule has 0 radical (unpaired) electrons. The summed E-state index contributed by atoms with van der Waals surface area (Å²) in [6.07, 6.45) is -2.87. The average molecular weight is 312 g/mol. The lowest BCUT2D eigenvalue weighted by Gasteiger charge is -2.34. The van der Waals surface area contributed by atoms with Crippen LogP contribution in [-0.4, -0.2) is 17.6 Å². The highest BCUT2D eigenvalue weighted by Gasteiger charge is 2.35. The second kappa shape index (κ2) is 6.65. The van der Waals surface area contributed by atoms with Crippen molar-refractivity contribution in [1.82, 2.24) is 0 Å². The molecule has 1 aromatic carbocycles. The number of aliphatic hydroxyl groups excluding tert-OH is 1. The molecule has 1 aromatic rings. The number of aliphatic hydroxyl groups is 1. The Morgan fingerprint density at radius 1 is 1.25 bits per heavy atom. The topological polar surface area (TPSA) is 55.5 Å². The summed E-state index contributed by atoms with van der Waals surface area (Å²) in [6.45, 7) is 0. The van der Waals surface area contributed by atoms with Crippen LogP contribution in [0.25, 0.3) is 0 Å². The molecule has 1 aliphatic rings. The van der Waals surface area contributed by atoms with Crippen LogP contribution in [0.4, 0.5) is 13.2 Å². The standard InChI is InChI=1S/C13H16F3NO2.ClH/c14-13(15,16)19-10-7-2-1-6-9(10)11(17)12(18)8-4-3-5-8;/h1-2,6-8,11-12,18H,3-5,17H2;1H/t11-,12+;/m0./s1. The summed E-state index contributed by atoms with van der Waals surface area (Å²) in [4.78, 5) is 0. The SMILES string of the molecule is Cl.N[C@@H](c1ccccc1OC(F)(F)F)[C@H](O)C1CCC1.